The van der Waals surface area contributed by atoms with Gasteiger partial charge in [-0.25, -0.2) is 4.79 Å². The quantitative estimate of drug-likeness (QED) is 0.792. The molecule has 0 aliphatic heterocycles. The largest absolute Gasteiger partial charge is 0.467 e. The first-order valence-corrected chi connectivity index (χ1v) is 7.91. The highest BCUT2D eigenvalue weighted by atomic mass is 32.2. The van der Waals surface area contributed by atoms with Crippen LogP contribution in [0.25, 0.3) is 0 Å². The van der Waals surface area contributed by atoms with Crippen LogP contribution in [0.4, 0.5) is 0 Å². The molecule has 116 valence electrons. The van der Waals surface area contributed by atoms with Crippen molar-refractivity contribution in [2.75, 3.05) is 7.11 Å². The molecule has 3 nitrogen and oxygen atoms in total. The Morgan fingerprint density at radius 2 is 1.50 bits per heavy atom. The van der Waals surface area contributed by atoms with Crippen molar-refractivity contribution in [2.45, 2.75) is 37.3 Å². The van der Waals surface area contributed by atoms with E-state index in [2.05, 4.69) is 0 Å². The van der Waals surface area contributed by atoms with Crippen LogP contribution in [0.5, 0.6) is 0 Å². The van der Waals surface area contributed by atoms with Gasteiger partial charge in [0.25, 0.3) is 0 Å². The smallest absolute Gasteiger partial charge is 0.330 e. The van der Waals surface area contributed by atoms with Gasteiger partial charge in [0.15, 0.2) is 10.5 Å². The number of ether oxygens (including phenoxy) is 1. The van der Waals surface area contributed by atoms with Crippen molar-refractivity contribution in [1.29, 1.82) is 0 Å². The van der Waals surface area contributed by atoms with E-state index in [1.807, 2.05) is 44.2 Å². The molecule has 22 heavy (non-hydrogen) atoms. The van der Waals surface area contributed by atoms with Crippen molar-refractivity contribution < 1.29 is 14.3 Å². The van der Waals surface area contributed by atoms with E-state index in [1.165, 1.54) is 18.9 Å². The number of ketones is 1. The van der Waals surface area contributed by atoms with E-state index in [4.69, 9.17) is 4.74 Å². The molecule has 2 rings (SSSR count). The minimum atomic E-state index is -0.974. The molecular formula is C18H20O3S. The van der Waals surface area contributed by atoms with Gasteiger partial charge in [0.1, 0.15) is 0 Å². The van der Waals surface area contributed by atoms with Crippen molar-refractivity contribution >= 4 is 23.5 Å². The Morgan fingerprint density at radius 1 is 1.00 bits per heavy atom. The van der Waals surface area contributed by atoms with Crippen molar-refractivity contribution in [3.05, 3.63) is 52.6 Å². The predicted octanol–water partition coefficient (Wildman–Crippen LogP) is 3.95. The Hall–Kier alpha value is -1.81. The van der Waals surface area contributed by atoms with Crippen molar-refractivity contribution in [2.24, 2.45) is 0 Å². The van der Waals surface area contributed by atoms with E-state index in [-0.39, 0.29) is 11.8 Å². The van der Waals surface area contributed by atoms with Gasteiger partial charge >= 0.3 is 5.97 Å². The zero-order chi connectivity index (χ0) is 16.5. The number of esters is 1. The highest BCUT2D eigenvalue weighted by Gasteiger charge is 2.49. The monoisotopic (exact) mass is 316 g/mol. The number of methoxy groups -OCH3 is 1. The molecule has 0 radical (unpaired) electrons. The Morgan fingerprint density at radius 3 is 1.95 bits per heavy atom. The zero-order valence-electron chi connectivity index (χ0n) is 13.5. The molecule has 0 amide bonds. The summed E-state index contributed by atoms with van der Waals surface area (Å²) in [6.07, 6.45) is 0. The molecule has 0 N–H and O–H groups in total. The van der Waals surface area contributed by atoms with Crippen LogP contribution in [0.1, 0.15) is 27.7 Å². The van der Waals surface area contributed by atoms with Crippen LogP contribution in [0.3, 0.4) is 0 Å². The topological polar surface area (TPSA) is 43.4 Å². The fourth-order valence-corrected chi connectivity index (χ4v) is 4.17. The molecule has 0 saturated heterocycles. The minimum Gasteiger partial charge on any atom is -0.467 e. The molecule has 0 saturated carbocycles. The predicted molar refractivity (Wildman–Crippen MR) is 88.8 cm³/mol. The Bertz CT molecular complexity index is 656. The lowest BCUT2D eigenvalue weighted by atomic mass is 9.78. The van der Waals surface area contributed by atoms with Crippen LogP contribution in [0.15, 0.2) is 57.5 Å². The SMILES string of the molecule is COC(=O)C1(Sc2ccccc2)C(C)=C(C)C(=O)C(C)=C1C. The normalized spacial score (nSPS) is 17.8. The molecule has 0 aromatic heterocycles. The number of allylic oxidation sites excluding steroid dienone is 2. The van der Waals surface area contributed by atoms with Gasteiger partial charge in [-0.15, -0.1) is 0 Å². The molecule has 1 aliphatic rings. The number of carbonyl (C=O) groups excluding carboxylic acids is 2. The molecule has 0 bridgehead atoms. The van der Waals surface area contributed by atoms with Crippen LogP contribution < -0.4 is 0 Å². The Balaban J connectivity index is 2.68. The second-order valence-electron chi connectivity index (χ2n) is 5.42. The van der Waals surface area contributed by atoms with E-state index in [0.29, 0.717) is 11.1 Å². The van der Waals surface area contributed by atoms with Crippen molar-refractivity contribution in [3.8, 4) is 0 Å². The van der Waals surface area contributed by atoms with Crippen LogP contribution in [0, 0.1) is 0 Å². The molecule has 1 aliphatic carbocycles. The number of carbonyl (C=O) groups is 2. The summed E-state index contributed by atoms with van der Waals surface area (Å²) in [6, 6.07) is 9.70. The third-order valence-corrected chi connectivity index (χ3v) is 5.94. The van der Waals surface area contributed by atoms with Gasteiger partial charge in [0.05, 0.1) is 7.11 Å². The van der Waals surface area contributed by atoms with Gasteiger partial charge in [-0.05, 0) is 62.1 Å². The lowest BCUT2D eigenvalue weighted by molar-refractivity contribution is -0.141. The summed E-state index contributed by atoms with van der Waals surface area (Å²) in [5.41, 5.74) is 2.75. The average Bonchev–Trinajstić information content (AvgIpc) is 2.55. The van der Waals surface area contributed by atoms with Crippen LogP contribution in [0.2, 0.25) is 0 Å². The van der Waals surface area contributed by atoms with Gasteiger partial charge in [-0.3, -0.25) is 4.79 Å². The highest BCUT2D eigenvalue weighted by molar-refractivity contribution is 8.02. The first kappa shape index (κ1) is 16.6. The fourth-order valence-electron chi connectivity index (χ4n) is 2.74. The maximum absolute atomic E-state index is 12.7. The molecule has 1 aromatic rings. The summed E-state index contributed by atoms with van der Waals surface area (Å²) in [6.45, 7) is 7.24. The summed E-state index contributed by atoms with van der Waals surface area (Å²) in [7, 11) is 1.39. The van der Waals surface area contributed by atoms with Gasteiger partial charge in [0, 0.05) is 4.90 Å². The first-order chi connectivity index (χ1) is 10.4. The second-order valence-corrected chi connectivity index (χ2v) is 6.70. The Kier molecular flexibility index (Phi) is 4.61. The lowest BCUT2D eigenvalue weighted by Gasteiger charge is -2.37. The van der Waals surface area contributed by atoms with Crippen LogP contribution in [-0.4, -0.2) is 23.6 Å². The summed E-state index contributed by atoms with van der Waals surface area (Å²) in [5, 5.41) is 0. The number of rotatable bonds is 3. The van der Waals surface area contributed by atoms with Crippen LogP contribution in [-0.2, 0) is 14.3 Å². The summed E-state index contributed by atoms with van der Waals surface area (Å²) in [4.78, 5) is 26.0. The Labute approximate surface area is 135 Å². The second kappa shape index (κ2) is 6.13. The third-order valence-electron chi connectivity index (χ3n) is 4.35. The van der Waals surface area contributed by atoms with Gasteiger partial charge in [0.2, 0.25) is 0 Å². The maximum Gasteiger partial charge on any atom is 0.330 e. The fraction of sp³-hybridized carbons (Fsp3) is 0.333. The first-order valence-electron chi connectivity index (χ1n) is 7.09. The standard InChI is InChI=1S/C18H20O3S/c1-11-13(3)18(17(20)21-5,14(4)12(2)16(11)19)22-15-9-7-6-8-10-15/h6-10H,1-5H3. The third kappa shape index (κ3) is 2.41. The van der Waals surface area contributed by atoms with E-state index in [1.54, 1.807) is 13.8 Å². The number of hydrogen-bond acceptors (Lipinski definition) is 4. The average molecular weight is 316 g/mol. The van der Waals surface area contributed by atoms with Gasteiger partial charge in [-0.2, -0.15) is 0 Å². The molecular weight excluding hydrogens is 296 g/mol. The number of hydrogen-bond donors (Lipinski definition) is 0. The van der Waals surface area contributed by atoms with E-state index < -0.39 is 4.75 Å². The molecule has 0 heterocycles. The molecule has 0 unspecified atom stereocenters. The maximum atomic E-state index is 12.7. The number of benzene rings is 1. The summed E-state index contributed by atoms with van der Waals surface area (Å²) >= 11 is 1.43. The zero-order valence-corrected chi connectivity index (χ0v) is 14.3. The van der Waals surface area contributed by atoms with Crippen LogP contribution >= 0.6 is 11.8 Å². The van der Waals surface area contributed by atoms with Gasteiger partial charge in [-0.1, -0.05) is 30.0 Å². The van der Waals surface area contributed by atoms with Crippen molar-refractivity contribution in [3.63, 3.8) is 0 Å². The van der Waals surface area contributed by atoms with E-state index >= 15 is 0 Å². The minimum absolute atomic E-state index is 0.00295. The summed E-state index contributed by atoms with van der Waals surface area (Å²) < 4.78 is 4.12. The lowest BCUT2D eigenvalue weighted by Crippen LogP contribution is -2.43. The molecule has 0 fully saturated rings. The highest BCUT2D eigenvalue weighted by Crippen LogP contribution is 2.49. The number of Topliss-reactive ketones (excluding diaryl/α,β-unsaturated/α-hetero) is 1. The molecule has 0 atom stereocenters. The van der Waals surface area contributed by atoms with Gasteiger partial charge < -0.3 is 4.74 Å². The molecule has 0 spiro atoms. The summed E-state index contributed by atoms with van der Waals surface area (Å²) in [5.74, 6) is -0.342. The molecule has 1 aromatic carbocycles. The van der Waals surface area contributed by atoms with E-state index in [9.17, 15) is 9.59 Å². The molecule has 4 heteroatoms. The van der Waals surface area contributed by atoms with Crippen molar-refractivity contribution in [1.82, 2.24) is 0 Å². The van der Waals surface area contributed by atoms with E-state index in [0.717, 1.165) is 16.0 Å². The number of thioether (sulfide) groups is 1.